The number of carbonyl (C=O) groups excluding carboxylic acids is 1. The number of methoxy groups -OCH3 is 1. The summed E-state index contributed by atoms with van der Waals surface area (Å²) in [5.74, 6) is -3.38. The number of halogens is 5. The van der Waals surface area contributed by atoms with Gasteiger partial charge in [-0.3, -0.25) is 9.59 Å². The molecule has 278 valence electrons. The van der Waals surface area contributed by atoms with Crippen LogP contribution in [0.4, 0.5) is 22.0 Å². The van der Waals surface area contributed by atoms with E-state index in [-0.39, 0.29) is 41.9 Å². The maximum absolute atomic E-state index is 15.0. The molecule has 53 heavy (non-hydrogen) atoms. The van der Waals surface area contributed by atoms with Crippen LogP contribution in [0, 0.1) is 11.6 Å². The molecule has 1 aliphatic heterocycles. The Bertz CT molecular complexity index is 2440. The molecule has 1 fully saturated rings. The smallest absolute Gasteiger partial charge is 0.383 e. The molecule has 2 heterocycles. The van der Waals surface area contributed by atoms with Crippen molar-refractivity contribution in [1.82, 2.24) is 14.4 Å². The molecular weight excluding hydrogens is 710 g/mol. The van der Waals surface area contributed by atoms with E-state index in [1.54, 1.807) is 42.5 Å². The van der Waals surface area contributed by atoms with Crippen molar-refractivity contribution in [1.29, 1.82) is 0 Å². The fraction of sp³-hybridized carbons (Fsp3) is 0.317. The van der Waals surface area contributed by atoms with E-state index in [9.17, 15) is 32.9 Å². The number of pyridine rings is 1. The molecule has 1 aliphatic rings. The highest BCUT2D eigenvalue weighted by Crippen LogP contribution is 2.34. The van der Waals surface area contributed by atoms with Gasteiger partial charge in [0.25, 0.3) is 0 Å². The Labute approximate surface area is 320 Å². The minimum absolute atomic E-state index is 0.0240. The predicted octanol–water partition coefficient (Wildman–Crippen LogP) is 8.96. The highest BCUT2D eigenvalue weighted by atomic mass is 32.2. The monoisotopic (exact) mass is 757 g/mol. The van der Waals surface area contributed by atoms with Crippen molar-refractivity contribution in [3.05, 3.63) is 136 Å². The van der Waals surface area contributed by atoms with Gasteiger partial charge in [-0.2, -0.15) is 13.2 Å². The predicted molar refractivity (Wildman–Crippen MR) is 198 cm³/mol. The number of piperidine rings is 1. The second kappa shape index (κ2) is 16.7. The molecule has 0 aliphatic carbocycles. The molecule has 6 nitrogen and oxygen atoms in total. The molecule has 5 aromatic rings. The van der Waals surface area contributed by atoms with Crippen LogP contribution < -0.4 is 5.43 Å². The minimum Gasteiger partial charge on any atom is -0.383 e. The van der Waals surface area contributed by atoms with E-state index in [4.69, 9.17) is 14.3 Å². The van der Waals surface area contributed by atoms with Crippen LogP contribution in [0.2, 0.25) is 0 Å². The van der Waals surface area contributed by atoms with E-state index < -0.39 is 84.7 Å². The van der Waals surface area contributed by atoms with Gasteiger partial charge in [-0.25, -0.2) is 8.78 Å². The fourth-order valence-corrected chi connectivity index (χ4v) is 7.23. The molecule has 6 rings (SSSR count). The Balaban J connectivity index is 1.38. The number of likely N-dealkylation sites (tertiary alicyclic amines) is 1. The molecule has 1 amide bonds. The molecule has 12 heteroatoms. The average Bonchev–Trinajstić information content (AvgIpc) is 3.19. The van der Waals surface area contributed by atoms with Crippen molar-refractivity contribution in [2.24, 2.45) is 0 Å². The zero-order valence-corrected chi connectivity index (χ0v) is 29.2. The van der Waals surface area contributed by atoms with E-state index in [0.29, 0.717) is 28.5 Å². The topological polar surface area (TPSA) is 54.8 Å². The maximum atomic E-state index is 15.0. The first-order chi connectivity index (χ1) is 28.4. The second-order valence-corrected chi connectivity index (χ2v) is 13.2. The quantitative estimate of drug-likeness (QED) is 0.0940. The van der Waals surface area contributed by atoms with Gasteiger partial charge in [0.2, 0.25) is 5.91 Å². The first-order valence-electron chi connectivity index (χ1n) is 20.6. The number of benzene rings is 4. The number of aromatic nitrogens is 1. The van der Waals surface area contributed by atoms with Crippen LogP contribution in [0.15, 0.2) is 107 Å². The lowest BCUT2D eigenvalue weighted by Gasteiger charge is -2.42. The molecule has 1 unspecified atom stereocenters. The summed E-state index contributed by atoms with van der Waals surface area (Å²) in [6.07, 6.45) is -4.29. The maximum Gasteiger partial charge on any atom is 0.416 e. The number of nitrogens with zero attached hydrogens (tertiary/aromatic N) is 3. The van der Waals surface area contributed by atoms with Crippen molar-refractivity contribution in [2.75, 3.05) is 33.2 Å². The Hall–Kier alpha value is -4.52. The average molecular weight is 758 g/mol. The van der Waals surface area contributed by atoms with Gasteiger partial charge in [-0.05, 0) is 66.8 Å². The van der Waals surface area contributed by atoms with Crippen LogP contribution in [-0.2, 0) is 28.0 Å². The van der Waals surface area contributed by atoms with Crippen LogP contribution in [0.1, 0.15) is 53.4 Å². The lowest BCUT2D eigenvalue weighted by molar-refractivity contribution is -0.138. The third-order valence-corrected chi connectivity index (χ3v) is 10.0. The fourth-order valence-electron chi connectivity index (χ4n) is 6.42. The molecular formula is C41H40F5N3O3S. The SMILES string of the molecule is [2H]C([2H])([2H])OCC([2H])([2H])N1CCC(N(C(=O)Cn2c(SC([2H])([2H])c3cccc(F)c3F)cc(=O)c3ccccc32)C([2H])(C)c2ccc(-c3ccc(C(F)(F)F)cc3)cc2)CC1. The standard InChI is InChI=1S/C41H40F5N3O3S/c1-27(28-10-12-29(13-11-28)30-14-16-32(17-15-30)41(44,45)46)49(33-18-20-47(21-19-33)22-23-52-2)38(51)25-48-36-9-4-3-7-34(36)37(50)24-39(48)53-26-31-6-5-8-35(42)40(31)43/h3-17,24,27,33H,18-23,25-26H2,1-2H3/i2D3,22D2,26D2,27D. The number of fused-ring (bicyclic) bond motifs is 1. The minimum atomic E-state index is -4.53. The molecule has 0 N–H and O–H groups in total. The lowest BCUT2D eigenvalue weighted by Crippen LogP contribution is -2.49. The molecule has 0 spiro atoms. The number of alkyl halides is 3. The van der Waals surface area contributed by atoms with E-state index in [2.05, 4.69) is 0 Å². The highest BCUT2D eigenvalue weighted by molar-refractivity contribution is 7.98. The number of ether oxygens (including phenoxy) is 1. The third kappa shape index (κ3) is 8.83. The van der Waals surface area contributed by atoms with Gasteiger partial charge in [0.15, 0.2) is 17.1 Å². The summed E-state index contributed by atoms with van der Waals surface area (Å²) in [7, 11) is -2.84. The van der Waals surface area contributed by atoms with Crippen LogP contribution in [0.3, 0.4) is 0 Å². The molecule has 0 radical (unpaired) electrons. The summed E-state index contributed by atoms with van der Waals surface area (Å²) >= 11 is 0.391. The second-order valence-electron chi connectivity index (χ2n) is 12.4. The summed E-state index contributed by atoms with van der Waals surface area (Å²) in [5, 5.41) is 0.0708. The van der Waals surface area contributed by atoms with Gasteiger partial charge in [-0.15, -0.1) is 11.8 Å². The van der Waals surface area contributed by atoms with Gasteiger partial charge < -0.3 is 19.1 Å². The molecule has 1 saturated heterocycles. The Kier molecular flexibility index (Phi) is 9.09. The van der Waals surface area contributed by atoms with Gasteiger partial charge in [-0.1, -0.05) is 60.7 Å². The number of hydrogen-bond donors (Lipinski definition) is 0. The van der Waals surface area contributed by atoms with E-state index in [0.717, 1.165) is 36.4 Å². The van der Waals surface area contributed by atoms with Crippen molar-refractivity contribution in [3.8, 4) is 11.1 Å². The van der Waals surface area contributed by atoms with Crippen LogP contribution in [0.5, 0.6) is 0 Å². The van der Waals surface area contributed by atoms with Crippen LogP contribution in [-0.4, -0.2) is 59.5 Å². The summed E-state index contributed by atoms with van der Waals surface area (Å²) < 4.78 is 141. The summed E-state index contributed by atoms with van der Waals surface area (Å²) in [4.78, 5) is 31.0. The van der Waals surface area contributed by atoms with Crippen LogP contribution >= 0.6 is 11.8 Å². The Morgan fingerprint density at radius 2 is 1.68 bits per heavy atom. The molecule has 0 bridgehead atoms. The van der Waals surface area contributed by atoms with E-state index >= 15 is 0 Å². The first kappa shape index (κ1) is 28.9. The largest absolute Gasteiger partial charge is 0.416 e. The number of rotatable bonds is 12. The molecule has 1 aromatic heterocycles. The van der Waals surface area contributed by atoms with Gasteiger partial charge in [0.05, 0.1) is 34.2 Å². The zero-order chi connectivity index (χ0) is 44.7. The Morgan fingerprint density at radius 1 is 1.00 bits per heavy atom. The van der Waals surface area contributed by atoms with Crippen molar-refractivity contribution >= 4 is 28.6 Å². The first-order valence-corrected chi connectivity index (χ1v) is 17.5. The highest BCUT2D eigenvalue weighted by Gasteiger charge is 2.33. The third-order valence-electron chi connectivity index (χ3n) is 9.16. The van der Waals surface area contributed by atoms with Gasteiger partial charge >= 0.3 is 6.18 Å². The molecule has 0 saturated carbocycles. The number of carbonyl (C=O) groups is 1. The van der Waals surface area contributed by atoms with Gasteiger partial charge in [0.1, 0.15) is 6.54 Å². The summed E-state index contributed by atoms with van der Waals surface area (Å²) in [6.45, 7) is -2.01. The molecule has 4 aromatic carbocycles. The van der Waals surface area contributed by atoms with E-state index in [1.165, 1.54) is 39.5 Å². The number of hydrogen-bond acceptors (Lipinski definition) is 5. The number of para-hydroxylation sites is 1. The van der Waals surface area contributed by atoms with Gasteiger partial charge in [0, 0.05) is 60.9 Å². The van der Waals surface area contributed by atoms with Crippen molar-refractivity contribution in [3.63, 3.8) is 0 Å². The number of thioether (sulfide) groups is 1. The zero-order valence-electron chi connectivity index (χ0n) is 36.4. The Morgan fingerprint density at radius 3 is 2.36 bits per heavy atom. The van der Waals surface area contributed by atoms with E-state index in [1.807, 2.05) is 0 Å². The summed E-state index contributed by atoms with van der Waals surface area (Å²) in [5.41, 5.74) is -3.12. The normalized spacial score (nSPS) is 18.4. The lowest BCUT2D eigenvalue weighted by atomic mass is 9.96. The van der Waals surface area contributed by atoms with Crippen LogP contribution in [0.25, 0.3) is 22.0 Å². The van der Waals surface area contributed by atoms with Crippen molar-refractivity contribution in [2.45, 2.75) is 55.3 Å². The van der Waals surface area contributed by atoms with Crippen molar-refractivity contribution < 1.29 is 42.4 Å². The summed E-state index contributed by atoms with van der Waals surface area (Å²) in [6, 6.07) is 18.7. The number of amides is 1. The molecule has 1 atom stereocenters.